The maximum Gasteiger partial charge on any atom is 0.264 e. The molecule has 3 rings (SSSR count). The lowest BCUT2D eigenvalue weighted by Gasteiger charge is -2.35. The highest BCUT2D eigenvalue weighted by Gasteiger charge is 2.35. The lowest BCUT2D eigenvalue weighted by atomic mass is 10.1. The number of nitrogens with one attached hydrogen (secondary N) is 1. The average Bonchev–Trinajstić information content (AvgIpc) is 2.91. The first kappa shape index (κ1) is 33.2. The van der Waals surface area contributed by atoms with Crippen molar-refractivity contribution < 1.29 is 22.7 Å². The maximum absolute atomic E-state index is 14.2. The number of hydrogen-bond acceptors (Lipinski definition) is 5. The monoisotopic (exact) mass is 633 g/mol. The molecule has 1 atom stereocenters. The van der Waals surface area contributed by atoms with Gasteiger partial charge in [-0.15, -0.1) is 0 Å². The van der Waals surface area contributed by atoms with Crippen LogP contribution in [0.5, 0.6) is 5.75 Å². The van der Waals surface area contributed by atoms with Crippen LogP contribution in [0.3, 0.4) is 0 Å². The van der Waals surface area contributed by atoms with Crippen molar-refractivity contribution in [2.24, 2.45) is 0 Å². The summed E-state index contributed by atoms with van der Waals surface area (Å²) in [6.07, 6.45) is 0.280. The molecule has 42 heavy (non-hydrogen) atoms. The highest BCUT2D eigenvalue weighted by Crippen LogP contribution is 2.29. The fourth-order valence-corrected chi connectivity index (χ4v) is 6.21. The zero-order valence-corrected chi connectivity index (χ0v) is 27.0. The predicted octanol–water partition coefficient (Wildman–Crippen LogP) is 6.23. The molecule has 0 radical (unpaired) electrons. The van der Waals surface area contributed by atoms with Gasteiger partial charge in [0.05, 0.1) is 17.7 Å². The fourth-order valence-electron chi connectivity index (χ4n) is 4.34. The van der Waals surface area contributed by atoms with Gasteiger partial charge in [0.1, 0.15) is 18.3 Å². The molecule has 8 nitrogen and oxygen atoms in total. The third kappa shape index (κ3) is 8.40. The predicted molar refractivity (Wildman–Crippen MR) is 168 cm³/mol. The van der Waals surface area contributed by atoms with E-state index in [0.29, 0.717) is 21.4 Å². The Morgan fingerprint density at radius 2 is 1.67 bits per heavy atom. The van der Waals surface area contributed by atoms with Crippen molar-refractivity contribution in [1.29, 1.82) is 0 Å². The van der Waals surface area contributed by atoms with Gasteiger partial charge in [0, 0.05) is 28.2 Å². The molecule has 0 heterocycles. The Kier molecular flexibility index (Phi) is 10.9. The molecule has 2 amide bonds. The van der Waals surface area contributed by atoms with E-state index < -0.39 is 34.1 Å². The summed E-state index contributed by atoms with van der Waals surface area (Å²) in [6, 6.07) is 16.8. The molecule has 3 aromatic rings. The van der Waals surface area contributed by atoms with Gasteiger partial charge in [0.15, 0.2) is 0 Å². The Morgan fingerprint density at radius 1 is 1.00 bits per heavy atom. The molecule has 0 aliphatic carbocycles. The molecule has 0 aromatic heterocycles. The van der Waals surface area contributed by atoms with Gasteiger partial charge < -0.3 is 15.0 Å². The summed E-state index contributed by atoms with van der Waals surface area (Å²) in [5.41, 5.74) is 1.13. The first-order valence-electron chi connectivity index (χ1n) is 13.4. The topological polar surface area (TPSA) is 96.0 Å². The number of sulfonamides is 1. The summed E-state index contributed by atoms with van der Waals surface area (Å²) >= 11 is 12.6. The normalized spacial score (nSPS) is 12.4. The molecule has 0 saturated heterocycles. The SMILES string of the molecule is CC[C@@H](C(=O)NC(C)(C)C)N(Cc1ccc(Cl)cc1Cl)C(=O)CN(c1cccc(OC)c1)S(=O)(=O)c1ccc(C)cc1. The number of anilines is 1. The number of ether oxygens (including phenoxy) is 1. The van der Waals surface area contributed by atoms with Crippen LogP contribution in [0.15, 0.2) is 71.6 Å². The van der Waals surface area contributed by atoms with Crippen LogP contribution in [-0.2, 0) is 26.2 Å². The Bertz CT molecular complexity index is 1520. The summed E-state index contributed by atoms with van der Waals surface area (Å²) in [5, 5.41) is 3.69. The molecule has 1 N–H and O–H groups in total. The number of amides is 2. The molecule has 0 bridgehead atoms. The van der Waals surface area contributed by atoms with Crippen molar-refractivity contribution in [3.63, 3.8) is 0 Å². The molecule has 3 aromatic carbocycles. The molecule has 0 spiro atoms. The molecule has 0 unspecified atom stereocenters. The van der Waals surface area contributed by atoms with E-state index in [1.807, 2.05) is 27.7 Å². The minimum Gasteiger partial charge on any atom is -0.497 e. The Hall–Kier alpha value is -3.27. The first-order chi connectivity index (χ1) is 19.7. The van der Waals surface area contributed by atoms with Crippen LogP contribution >= 0.6 is 23.2 Å². The highest BCUT2D eigenvalue weighted by atomic mass is 35.5. The number of methoxy groups -OCH3 is 1. The number of hydrogen-bond donors (Lipinski definition) is 1. The maximum atomic E-state index is 14.2. The minimum absolute atomic E-state index is 0.0218. The summed E-state index contributed by atoms with van der Waals surface area (Å²) in [6.45, 7) is 8.57. The number of halogens is 2. The van der Waals surface area contributed by atoms with E-state index in [-0.39, 0.29) is 29.5 Å². The zero-order chi connectivity index (χ0) is 31.2. The van der Waals surface area contributed by atoms with Gasteiger partial charge in [-0.3, -0.25) is 13.9 Å². The number of carbonyl (C=O) groups is 2. The number of benzene rings is 3. The Morgan fingerprint density at radius 3 is 2.24 bits per heavy atom. The van der Waals surface area contributed by atoms with E-state index in [1.54, 1.807) is 61.5 Å². The number of carbonyl (C=O) groups excluding carboxylic acids is 2. The highest BCUT2D eigenvalue weighted by molar-refractivity contribution is 7.92. The average molecular weight is 635 g/mol. The van der Waals surface area contributed by atoms with Gasteiger partial charge in [0.2, 0.25) is 11.8 Å². The third-order valence-electron chi connectivity index (χ3n) is 6.47. The van der Waals surface area contributed by atoms with Gasteiger partial charge in [-0.05, 0) is 76.1 Å². The van der Waals surface area contributed by atoms with Crippen molar-refractivity contribution in [3.8, 4) is 5.75 Å². The first-order valence-corrected chi connectivity index (χ1v) is 15.6. The van der Waals surface area contributed by atoms with Crippen LogP contribution in [0.2, 0.25) is 10.0 Å². The fraction of sp³-hybridized carbons (Fsp3) is 0.355. The zero-order valence-electron chi connectivity index (χ0n) is 24.6. The van der Waals surface area contributed by atoms with Crippen molar-refractivity contribution >= 4 is 50.7 Å². The van der Waals surface area contributed by atoms with Gasteiger partial charge in [-0.25, -0.2) is 8.42 Å². The molecule has 0 saturated carbocycles. The Labute approximate surface area is 258 Å². The summed E-state index contributed by atoms with van der Waals surface area (Å²) in [4.78, 5) is 29.0. The van der Waals surface area contributed by atoms with Crippen molar-refractivity contribution in [2.75, 3.05) is 18.0 Å². The quantitative estimate of drug-likeness (QED) is 0.270. The van der Waals surface area contributed by atoms with E-state index in [1.165, 1.54) is 24.1 Å². The van der Waals surface area contributed by atoms with Gasteiger partial charge in [0.25, 0.3) is 10.0 Å². The van der Waals surface area contributed by atoms with E-state index in [0.717, 1.165) is 9.87 Å². The summed E-state index contributed by atoms with van der Waals surface area (Å²) < 4.78 is 34.4. The van der Waals surface area contributed by atoms with E-state index in [9.17, 15) is 18.0 Å². The van der Waals surface area contributed by atoms with Crippen molar-refractivity contribution in [2.45, 2.75) is 64.1 Å². The van der Waals surface area contributed by atoms with E-state index in [2.05, 4.69) is 5.32 Å². The van der Waals surface area contributed by atoms with Crippen LogP contribution in [0.25, 0.3) is 0 Å². The van der Waals surface area contributed by atoms with E-state index in [4.69, 9.17) is 27.9 Å². The lowest BCUT2D eigenvalue weighted by molar-refractivity contribution is -0.141. The number of aryl methyl sites for hydroxylation is 1. The molecule has 0 fully saturated rings. The minimum atomic E-state index is -4.21. The summed E-state index contributed by atoms with van der Waals surface area (Å²) in [5.74, 6) is -0.530. The molecular weight excluding hydrogens is 597 g/mol. The molecule has 0 aliphatic heterocycles. The largest absolute Gasteiger partial charge is 0.497 e. The molecule has 11 heteroatoms. The van der Waals surface area contributed by atoms with Crippen LogP contribution < -0.4 is 14.4 Å². The Balaban J connectivity index is 2.11. The van der Waals surface area contributed by atoms with Crippen LogP contribution in [-0.4, -0.2) is 50.4 Å². The van der Waals surface area contributed by atoms with Gasteiger partial charge in [-0.2, -0.15) is 0 Å². The second kappa shape index (κ2) is 13.8. The second-order valence-corrected chi connectivity index (χ2v) is 13.7. The molecule has 0 aliphatic rings. The second-order valence-electron chi connectivity index (χ2n) is 10.9. The molecular formula is C31H37Cl2N3O5S. The number of nitrogens with zero attached hydrogens (tertiary/aromatic N) is 2. The lowest BCUT2D eigenvalue weighted by Crippen LogP contribution is -2.55. The van der Waals surface area contributed by atoms with E-state index >= 15 is 0 Å². The van der Waals surface area contributed by atoms with Crippen LogP contribution in [0, 0.1) is 6.92 Å². The van der Waals surface area contributed by atoms with Crippen LogP contribution in [0.4, 0.5) is 5.69 Å². The molecule has 226 valence electrons. The van der Waals surface area contributed by atoms with Gasteiger partial charge >= 0.3 is 0 Å². The standard InChI is InChI=1S/C31H37Cl2N3O5S/c1-7-28(30(38)34-31(3,4)5)35(19-22-13-14-23(32)17-27(22)33)29(37)20-36(24-9-8-10-25(18-24)41-6)42(39,40)26-15-11-21(2)12-16-26/h8-18,28H,7,19-20H2,1-6H3,(H,34,38)/t28-/m0/s1. The van der Waals surface area contributed by atoms with Crippen LogP contribution in [0.1, 0.15) is 45.2 Å². The van der Waals surface area contributed by atoms with Gasteiger partial charge in [-0.1, -0.05) is 60.0 Å². The smallest absolute Gasteiger partial charge is 0.264 e. The summed E-state index contributed by atoms with van der Waals surface area (Å²) in [7, 11) is -2.73. The van der Waals surface area contributed by atoms with Crippen molar-refractivity contribution in [1.82, 2.24) is 10.2 Å². The van der Waals surface area contributed by atoms with Crippen molar-refractivity contribution in [3.05, 3.63) is 87.9 Å². The number of rotatable bonds is 11. The third-order valence-corrected chi connectivity index (χ3v) is 8.84.